The zero-order chi connectivity index (χ0) is 14.7. The van der Waals surface area contributed by atoms with E-state index in [1.54, 1.807) is 0 Å². The molecule has 0 heteroatoms. The summed E-state index contributed by atoms with van der Waals surface area (Å²) >= 11 is 0. The summed E-state index contributed by atoms with van der Waals surface area (Å²) in [6.45, 7) is 6.98. The minimum Gasteiger partial charge on any atom is -0.0654 e. The van der Waals surface area contributed by atoms with Gasteiger partial charge in [0.2, 0.25) is 0 Å². The summed E-state index contributed by atoms with van der Waals surface area (Å²) in [5.41, 5.74) is 2.10. The van der Waals surface area contributed by atoms with Gasteiger partial charge in [-0.3, -0.25) is 0 Å². The highest BCUT2D eigenvalue weighted by molar-refractivity contribution is 5.16. The molecule has 0 nitrogen and oxygen atoms in total. The summed E-state index contributed by atoms with van der Waals surface area (Å²) in [6.07, 6.45) is 13.7. The van der Waals surface area contributed by atoms with Crippen LogP contribution in [0.1, 0.15) is 84.1 Å². The molecule has 0 amide bonds. The summed E-state index contributed by atoms with van der Waals surface area (Å²) in [6, 6.07) is 11.2. The molecular formula is C20H34. The molecule has 1 aromatic rings. The Labute approximate surface area is 127 Å². The number of hydrogen-bond acceptors (Lipinski definition) is 0. The number of rotatable bonds is 11. The van der Waals surface area contributed by atoms with Gasteiger partial charge in [0.1, 0.15) is 0 Å². The van der Waals surface area contributed by atoms with Crippen LogP contribution < -0.4 is 0 Å². The third-order valence-corrected chi connectivity index (χ3v) is 4.60. The minimum absolute atomic E-state index is 0.559. The first-order chi connectivity index (χ1) is 9.76. The zero-order valence-corrected chi connectivity index (χ0v) is 14.0. The Morgan fingerprint density at radius 2 is 1.15 bits per heavy atom. The lowest BCUT2D eigenvalue weighted by Gasteiger charge is -2.35. The third-order valence-electron chi connectivity index (χ3n) is 4.60. The SMILES string of the molecule is CCCCC(CCCC)(CCCC)Cc1ccccc1. The molecule has 0 unspecified atom stereocenters. The number of unbranched alkanes of at least 4 members (excludes halogenated alkanes) is 3. The van der Waals surface area contributed by atoms with Crippen LogP contribution in [0.3, 0.4) is 0 Å². The van der Waals surface area contributed by atoms with Crippen molar-refractivity contribution in [3.63, 3.8) is 0 Å². The minimum atomic E-state index is 0.559. The lowest BCUT2D eigenvalue weighted by atomic mass is 9.70. The van der Waals surface area contributed by atoms with Gasteiger partial charge in [-0.25, -0.2) is 0 Å². The lowest BCUT2D eigenvalue weighted by molar-refractivity contribution is 0.198. The van der Waals surface area contributed by atoms with Gasteiger partial charge in [-0.15, -0.1) is 0 Å². The van der Waals surface area contributed by atoms with Gasteiger partial charge in [0, 0.05) is 0 Å². The van der Waals surface area contributed by atoms with Crippen LogP contribution in [0.25, 0.3) is 0 Å². The monoisotopic (exact) mass is 274 g/mol. The maximum atomic E-state index is 2.33. The van der Waals surface area contributed by atoms with Crippen LogP contribution in [0.4, 0.5) is 0 Å². The maximum absolute atomic E-state index is 2.33. The number of benzene rings is 1. The van der Waals surface area contributed by atoms with Gasteiger partial charge in [-0.05, 0) is 36.7 Å². The summed E-state index contributed by atoms with van der Waals surface area (Å²) in [7, 11) is 0. The Bertz CT molecular complexity index is 303. The highest BCUT2D eigenvalue weighted by atomic mass is 14.3. The van der Waals surface area contributed by atoms with E-state index in [0.29, 0.717) is 5.41 Å². The van der Waals surface area contributed by atoms with E-state index in [1.165, 1.54) is 69.8 Å². The highest BCUT2D eigenvalue weighted by Gasteiger charge is 2.28. The molecule has 0 aliphatic carbocycles. The van der Waals surface area contributed by atoms with Crippen molar-refractivity contribution in [2.24, 2.45) is 5.41 Å². The summed E-state index contributed by atoms with van der Waals surface area (Å²) in [5.74, 6) is 0. The van der Waals surface area contributed by atoms with E-state index >= 15 is 0 Å². The normalized spacial score (nSPS) is 11.8. The van der Waals surface area contributed by atoms with Gasteiger partial charge in [0.05, 0.1) is 0 Å². The molecule has 0 fully saturated rings. The van der Waals surface area contributed by atoms with E-state index in [-0.39, 0.29) is 0 Å². The summed E-state index contributed by atoms with van der Waals surface area (Å²) in [5, 5.41) is 0. The van der Waals surface area contributed by atoms with Gasteiger partial charge in [0.25, 0.3) is 0 Å². The number of hydrogen-bond donors (Lipinski definition) is 0. The lowest BCUT2D eigenvalue weighted by Crippen LogP contribution is -2.24. The highest BCUT2D eigenvalue weighted by Crippen LogP contribution is 2.39. The van der Waals surface area contributed by atoms with Crippen LogP contribution in [0, 0.1) is 5.41 Å². The Morgan fingerprint density at radius 3 is 1.55 bits per heavy atom. The molecule has 0 radical (unpaired) electrons. The van der Waals surface area contributed by atoms with Gasteiger partial charge in [-0.2, -0.15) is 0 Å². The Hall–Kier alpha value is -0.780. The molecule has 0 aliphatic heterocycles. The van der Waals surface area contributed by atoms with Crippen molar-refractivity contribution in [3.05, 3.63) is 35.9 Å². The van der Waals surface area contributed by atoms with E-state index in [9.17, 15) is 0 Å². The van der Waals surface area contributed by atoms with Gasteiger partial charge >= 0.3 is 0 Å². The molecule has 1 aromatic carbocycles. The maximum Gasteiger partial charge on any atom is -0.0222 e. The van der Waals surface area contributed by atoms with Crippen molar-refractivity contribution in [1.82, 2.24) is 0 Å². The largest absolute Gasteiger partial charge is 0.0654 e. The van der Waals surface area contributed by atoms with Crippen molar-refractivity contribution >= 4 is 0 Å². The fourth-order valence-electron chi connectivity index (χ4n) is 3.32. The molecule has 0 saturated carbocycles. The summed E-state index contributed by atoms with van der Waals surface area (Å²) in [4.78, 5) is 0. The van der Waals surface area contributed by atoms with E-state index in [4.69, 9.17) is 0 Å². The van der Waals surface area contributed by atoms with Crippen LogP contribution in [0.15, 0.2) is 30.3 Å². The topological polar surface area (TPSA) is 0 Å². The second-order valence-corrected chi connectivity index (χ2v) is 6.47. The zero-order valence-electron chi connectivity index (χ0n) is 14.0. The second-order valence-electron chi connectivity index (χ2n) is 6.47. The molecule has 0 spiro atoms. The smallest absolute Gasteiger partial charge is 0.0222 e. The van der Waals surface area contributed by atoms with Crippen LogP contribution in [-0.4, -0.2) is 0 Å². The summed E-state index contributed by atoms with van der Waals surface area (Å²) < 4.78 is 0. The molecule has 20 heavy (non-hydrogen) atoms. The Balaban J connectivity index is 2.81. The van der Waals surface area contributed by atoms with Gasteiger partial charge in [-0.1, -0.05) is 89.6 Å². The average Bonchev–Trinajstić information content (AvgIpc) is 2.49. The van der Waals surface area contributed by atoms with Crippen molar-refractivity contribution in [1.29, 1.82) is 0 Å². The fourth-order valence-corrected chi connectivity index (χ4v) is 3.32. The van der Waals surface area contributed by atoms with E-state index in [0.717, 1.165) is 0 Å². The predicted octanol–water partition coefficient (Wildman–Crippen LogP) is 6.79. The van der Waals surface area contributed by atoms with E-state index in [1.807, 2.05) is 0 Å². The van der Waals surface area contributed by atoms with Crippen LogP contribution >= 0.6 is 0 Å². The standard InChI is InChI=1S/C20H34/c1-4-7-15-20(16-8-5-2,17-9-6-3)18-19-13-11-10-12-14-19/h10-14H,4-9,15-18H2,1-3H3. The molecule has 0 bridgehead atoms. The van der Waals surface area contributed by atoms with E-state index < -0.39 is 0 Å². The van der Waals surface area contributed by atoms with Crippen LogP contribution in [-0.2, 0) is 6.42 Å². The molecule has 114 valence electrons. The van der Waals surface area contributed by atoms with Crippen molar-refractivity contribution in [2.75, 3.05) is 0 Å². The van der Waals surface area contributed by atoms with Crippen molar-refractivity contribution < 1.29 is 0 Å². The first kappa shape index (κ1) is 17.3. The van der Waals surface area contributed by atoms with Crippen LogP contribution in [0.2, 0.25) is 0 Å². The van der Waals surface area contributed by atoms with Crippen molar-refractivity contribution in [3.8, 4) is 0 Å². The molecule has 0 aromatic heterocycles. The first-order valence-electron chi connectivity index (χ1n) is 8.80. The molecule has 0 atom stereocenters. The van der Waals surface area contributed by atoms with Gasteiger partial charge in [0.15, 0.2) is 0 Å². The first-order valence-corrected chi connectivity index (χ1v) is 8.80. The second kappa shape index (κ2) is 10.0. The van der Waals surface area contributed by atoms with Gasteiger partial charge < -0.3 is 0 Å². The Kier molecular flexibility index (Phi) is 8.65. The molecule has 0 saturated heterocycles. The fraction of sp³-hybridized carbons (Fsp3) is 0.700. The van der Waals surface area contributed by atoms with E-state index in [2.05, 4.69) is 51.1 Å². The molecule has 0 N–H and O–H groups in total. The average molecular weight is 274 g/mol. The third kappa shape index (κ3) is 6.11. The molecular weight excluding hydrogens is 240 g/mol. The van der Waals surface area contributed by atoms with Crippen LogP contribution in [0.5, 0.6) is 0 Å². The predicted molar refractivity (Wildman–Crippen MR) is 91.2 cm³/mol. The molecule has 1 rings (SSSR count). The quantitative estimate of drug-likeness (QED) is 0.417. The molecule has 0 aliphatic rings. The van der Waals surface area contributed by atoms with Crippen molar-refractivity contribution in [2.45, 2.75) is 85.0 Å². The molecule has 0 heterocycles. The Morgan fingerprint density at radius 1 is 0.700 bits per heavy atom.